The van der Waals surface area contributed by atoms with Gasteiger partial charge in [0.25, 0.3) is 0 Å². The Labute approximate surface area is 126 Å². The van der Waals surface area contributed by atoms with Gasteiger partial charge in [-0.1, -0.05) is 13.0 Å². The molecule has 0 amide bonds. The molecule has 1 aromatic carbocycles. The van der Waals surface area contributed by atoms with E-state index in [1.807, 2.05) is 0 Å². The van der Waals surface area contributed by atoms with E-state index in [0.717, 1.165) is 44.4 Å². The Morgan fingerprint density at radius 3 is 2.95 bits per heavy atom. The maximum absolute atomic E-state index is 12.3. The lowest BCUT2D eigenvalue weighted by Crippen LogP contribution is -2.53. The van der Waals surface area contributed by atoms with Gasteiger partial charge in [-0.05, 0) is 48.9 Å². The van der Waals surface area contributed by atoms with Crippen LogP contribution in [0.15, 0.2) is 18.2 Å². The Morgan fingerprint density at radius 1 is 1.29 bits per heavy atom. The fraction of sp³-hybridized carbons (Fsp3) is 0.611. The van der Waals surface area contributed by atoms with Crippen molar-refractivity contribution in [1.29, 1.82) is 0 Å². The zero-order valence-electron chi connectivity index (χ0n) is 12.9. The van der Waals surface area contributed by atoms with Crippen molar-refractivity contribution >= 4 is 5.78 Å². The van der Waals surface area contributed by atoms with Crippen LogP contribution in [-0.2, 0) is 11.2 Å². The first-order valence-corrected chi connectivity index (χ1v) is 8.09. The van der Waals surface area contributed by atoms with Gasteiger partial charge in [0, 0.05) is 30.5 Å². The second kappa shape index (κ2) is 4.57. The van der Waals surface area contributed by atoms with Crippen molar-refractivity contribution in [2.45, 2.75) is 51.1 Å². The Morgan fingerprint density at radius 2 is 2.14 bits per heavy atom. The molecule has 2 heterocycles. The van der Waals surface area contributed by atoms with Crippen LogP contribution in [0.1, 0.15) is 49.8 Å². The Balaban J connectivity index is 1.70. The van der Waals surface area contributed by atoms with Gasteiger partial charge < -0.3 is 4.74 Å². The molecule has 1 aromatic rings. The number of hydrogen-bond donors (Lipinski definition) is 0. The number of piperidine rings is 1. The highest BCUT2D eigenvalue weighted by molar-refractivity contribution is 5.87. The molecule has 0 radical (unpaired) electrons. The number of carbonyl (C=O) groups is 1. The molecule has 0 N–H and O–H groups in total. The molecule has 0 unspecified atom stereocenters. The highest BCUT2D eigenvalue weighted by Gasteiger charge is 2.53. The van der Waals surface area contributed by atoms with Crippen molar-refractivity contribution < 1.29 is 9.53 Å². The number of benzene rings is 1. The van der Waals surface area contributed by atoms with E-state index >= 15 is 0 Å². The van der Waals surface area contributed by atoms with E-state index in [2.05, 4.69) is 30.0 Å². The van der Waals surface area contributed by atoms with E-state index in [-0.39, 0.29) is 5.41 Å². The van der Waals surface area contributed by atoms with Crippen molar-refractivity contribution in [3.05, 3.63) is 29.3 Å². The Hall–Kier alpha value is -1.35. The van der Waals surface area contributed by atoms with Crippen LogP contribution in [-0.4, -0.2) is 30.4 Å². The zero-order valence-corrected chi connectivity index (χ0v) is 12.9. The maximum atomic E-state index is 12.3. The topological polar surface area (TPSA) is 29.5 Å². The van der Waals surface area contributed by atoms with Crippen LogP contribution in [0.5, 0.6) is 5.75 Å². The summed E-state index contributed by atoms with van der Waals surface area (Å²) in [6.45, 7) is 3.28. The highest BCUT2D eigenvalue weighted by Crippen LogP contribution is 2.52. The third-order valence-electron chi connectivity index (χ3n) is 6.10. The van der Waals surface area contributed by atoms with Gasteiger partial charge in [0.05, 0.1) is 7.11 Å². The summed E-state index contributed by atoms with van der Waals surface area (Å²) in [6.07, 6.45) is 5.06. The summed E-state index contributed by atoms with van der Waals surface area (Å²) in [6, 6.07) is 7.48. The van der Waals surface area contributed by atoms with Crippen LogP contribution in [0, 0.1) is 5.41 Å². The minimum Gasteiger partial charge on any atom is -0.497 e. The minimum atomic E-state index is -0.0829. The lowest BCUT2D eigenvalue weighted by molar-refractivity contribution is -0.130. The summed E-state index contributed by atoms with van der Waals surface area (Å²) in [5, 5.41) is 0. The number of fused-ring (bicyclic) bond motifs is 5. The number of methoxy groups -OCH3 is 1. The van der Waals surface area contributed by atoms with Gasteiger partial charge >= 0.3 is 0 Å². The van der Waals surface area contributed by atoms with Gasteiger partial charge in [-0.15, -0.1) is 0 Å². The molecular formula is C18H23NO2. The van der Waals surface area contributed by atoms with E-state index in [1.54, 1.807) is 7.11 Å². The number of carbonyl (C=O) groups excluding carboxylic acids is 1. The van der Waals surface area contributed by atoms with E-state index in [4.69, 9.17) is 4.74 Å². The summed E-state index contributed by atoms with van der Waals surface area (Å²) in [7, 11) is 1.73. The maximum Gasteiger partial charge on any atom is 0.140 e. The predicted molar refractivity (Wildman–Crippen MR) is 81.5 cm³/mol. The summed E-state index contributed by atoms with van der Waals surface area (Å²) in [4.78, 5) is 14.9. The van der Waals surface area contributed by atoms with Crippen molar-refractivity contribution in [3.63, 3.8) is 0 Å². The third kappa shape index (κ3) is 1.80. The Bertz CT molecular complexity index is 597. The monoisotopic (exact) mass is 285 g/mol. The number of nitrogens with zero attached hydrogens (tertiary/aromatic N) is 1. The van der Waals surface area contributed by atoms with E-state index < -0.39 is 0 Å². The molecule has 2 aliphatic heterocycles. The van der Waals surface area contributed by atoms with Gasteiger partial charge in [-0.2, -0.15) is 0 Å². The molecule has 112 valence electrons. The number of rotatable bonds is 1. The van der Waals surface area contributed by atoms with Gasteiger partial charge in [-0.25, -0.2) is 0 Å². The smallest absolute Gasteiger partial charge is 0.140 e. The molecule has 3 heteroatoms. The van der Waals surface area contributed by atoms with Crippen LogP contribution < -0.4 is 4.74 Å². The minimum absolute atomic E-state index is 0.0829. The van der Waals surface area contributed by atoms with Crippen LogP contribution in [0.4, 0.5) is 0 Å². The molecule has 1 aliphatic carbocycles. The van der Waals surface area contributed by atoms with Crippen molar-refractivity contribution in [2.75, 3.05) is 13.7 Å². The van der Waals surface area contributed by atoms with Gasteiger partial charge in [0.1, 0.15) is 11.5 Å². The molecule has 3 nitrogen and oxygen atoms in total. The van der Waals surface area contributed by atoms with Crippen LogP contribution in [0.2, 0.25) is 0 Å². The number of hydrogen-bond acceptors (Lipinski definition) is 3. The second-order valence-corrected chi connectivity index (χ2v) is 7.00. The van der Waals surface area contributed by atoms with E-state index in [1.165, 1.54) is 11.1 Å². The fourth-order valence-electron chi connectivity index (χ4n) is 4.86. The quantitative estimate of drug-likeness (QED) is 0.794. The number of ketones is 1. The summed E-state index contributed by atoms with van der Waals surface area (Å²) in [5.74, 6) is 1.45. The third-order valence-corrected chi connectivity index (χ3v) is 6.10. The Kier molecular flexibility index (Phi) is 2.90. The molecule has 21 heavy (non-hydrogen) atoms. The first-order chi connectivity index (χ1) is 10.1. The molecule has 0 aromatic heterocycles. The SMILES string of the molecule is COc1ccc2c(c1)CCN1[C@H]3CCC(=O)[C@]3(C)CC[C@@H]21. The van der Waals surface area contributed by atoms with Crippen LogP contribution in [0.25, 0.3) is 0 Å². The fourth-order valence-corrected chi connectivity index (χ4v) is 4.86. The first-order valence-electron chi connectivity index (χ1n) is 8.09. The number of ether oxygens (including phenoxy) is 1. The normalized spacial score (nSPS) is 35.0. The molecule has 2 fully saturated rings. The average molecular weight is 285 g/mol. The predicted octanol–water partition coefficient (Wildman–Crippen LogP) is 3.13. The van der Waals surface area contributed by atoms with Crippen LogP contribution >= 0.6 is 0 Å². The van der Waals surface area contributed by atoms with E-state index in [9.17, 15) is 4.79 Å². The molecule has 0 bridgehead atoms. The molecule has 1 saturated heterocycles. The van der Waals surface area contributed by atoms with Crippen molar-refractivity contribution in [2.24, 2.45) is 5.41 Å². The molecule has 3 atom stereocenters. The zero-order chi connectivity index (χ0) is 14.6. The largest absolute Gasteiger partial charge is 0.497 e. The molecular weight excluding hydrogens is 262 g/mol. The summed E-state index contributed by atoms with van der Waals surface area (Å²) >= 11 is 0. The average Bonchev–Trinajstić information content (AvgIpc) is 2.82. The molecule has 0 spiro atoms. The second-order valence-electron chi connectivity index (χ2n) is 7.00. The molecule has 3 aliphatic rings. The van der Waals surface area contributed by atoms with Crippen molar-refractivity contribution in [3.8, 4) is 5.75 Å². The van der Waals surface area contributed by atoms with E-state index in [0.29, 0.717) is 17.9 Å². The highest BCUT2D eigenvalue weighted by atomic mass is 16.5. The van der Waals surface area contributed by atoms with Crippen LogP contribution in [0.3, 0.4) is 0 Å². The van der Waals surface area contributed by atoms with Gasteiger partial charge in [0.2, 0.25) is 0 Å². The standard InChI is InChI=1S/C18H23NO2/c1-18-9-7-15-14-4-3-13(21-2)11-12(14)8-10-19(15)16(18)5-6-17(18)20/h3-4,11,15-16H,5-10H2,1-2H3/t15-,16-,18+/m0/s1. The molecule has 1 saturated carbocycles. The lowest BCUT2D eigenvalue weighted by Gasteiger charge is -2.51. The lowest BCUT2D eigenvalue weighted by atomic mass is 9.71. The van der Waals surface area contributed by atoms with Gasteiger partial charge in [-0.3, -0.25) is 9.69 Å². The first kappa shape index (κ1) is 13.3. The number of Topliss-reactive ketones (excluding diaryl/α,β-unsaturated/α-hetero) is 1. The van der Waals surface area contributed by atoms with Gasteiger partial charge in [0.15, 0.2) is 0 Å². The summed E-state index contributed by atoms with van der Waals surface area (Å²) < 4.78 is 5.36. The summed E-state index contributed by atoms with van der Waals surface area (Å²) in [5.41, 5.74) is 2.81. The van der Waals surface area contributed by atoms with Crippen molar-refractivity contribution in [1.82, 2.24) is 4.90 Å². The molecule has 4 rings (SSSR count).